The lowest BCUT2D eigenvalue weighted by atomic mass is 10.1. The lowest BCUT2D eigenvalue weighted by Gasteiger charge is -2.20. The molecule has 3 nitrogen and oxygen atoms in total. The second-order valence-corrected chi connectivity index (χ2v) is 7.04. The summed E-state index contributed by atoms with van der Waals surface area (Å²) in [6, 6.07) is 4.18. The van der Waals surface area contributed by atoms with Crippen LogP contribution < -0.4 is 5.32 Å². The molecule has 0 amide bonds. The van der Waals surface area contributed by atoms with Gasteiger partial charge in [-0.1, -0.05) is 17.8 Å². The minimum absolute atomic E-state index is 0.120. The molecule has 0 bridgehead atoms. The van der Waals surface area contributed by atoms with E-state index < -0.39 is 0 Å². The highest BCUT2D eigenvalue weighted by atomic mass is 32.2. The van der Waals surface area contributed by atoms with Crippen LogP contribution in [0.1, 0.15) is 37.7 Å². The molecular weight excluding hydrogens is 268 g/mol. The maximum Gasteiger partial charge on any atom is 0.114 e. The lowest BCUT2D eigenvalue weighted by molar-refractivity contribution is 0.424. The van der Waals surface area contributed by atoms with Crippen molar-refractivity contribution in [3.8, 4) is 0 Å². The summed E-state index contributed by atoms with van der Waals surface area (Å²) in [5.74, 6) is 0.940. The highest BCUT2D eigenvalue weighted by Gasteiger charge is 2.11. The molecule has 1 N–H and O–H groups in total. The van der Waals surface area contributed by atoms with Gasteiger partial charge in [-0.15, -0.1) is 0 Å². The summed E-state index contributed by atoms with van der Waals surface area (Å²) in [6.07, 6.45) is 3.66. The van der Waals surface area contributed by atoms with E-state index in [0.717, 1.165) is 22.2 Å². The Balaban J connectivity index is 2.08. The second-order valence-electron chi connectivity index (χ2n) is 6.01. The van der Waals surface area contributed by atoms with Crippen molar-refractivity contribution in [1.82, 2.24) is 10.3 Å². The van der Waals surface area contributed by atoms with E-state index in [1.54, 1.807) is 18.0 Å². The Morgan fingerprint density at radius 2 is 2.05 bits per heavy atom. The third kappa shape index (κ3) is 4.12. The first-order valence-electron chi connectivity index (χ1n) is 6.78. The van der Waals surface area contributed by atoms with Crippen molar-refractivity contribution in [2.24, 2.45) is 0 Å². The molecule has 108 valence electrons. The van der Waals surface area contributed by atoms with Crippen molar-refractivity contribution in [3.63, 3.8) is 0 Å². The summed E-state index contributed by atoms with van der Waals surface area (Å²) in [5.41, 5.74) is 2.53. The van der Waals surface area contributed by atoms with Gasteiger partial charge >= 0.3 is 0 Å². The Hall–Kier alpha value is -1.26. The molecule has 0 aliphatic carbocycles. The summed E-state index contributed by atoms with van der Waals surface area (Å²) in [7, 11) is 0. The third-order valence-corrected chi connectivity index (χ3v) is 4.19. The molecule has 0 aromatic carbocycles. The maximum atomic E-state index is 5.32. The minimum atomic E-state index is 0.120. The number of aromatic nitrogens is 1. The fraction of sp³-hybridized carbons (Fsp3) is 0.438. The SMILES string of the molecule is Cc1cc(CNC(C)(C)C)cnc1Sc1ccoc1C. The van der Waals surface area contributed by atoms with E-state index >= 15 is 0 Å². The average Bonchev–Trinajstić information content (AvgIpc) is 2.75. The molecule has 2 heterocycles. The number of hydrogen-bond acceptors (Lipinski definition) is 4. The number of furan rings is 1. The molecule has 0 saturated carbocycles. The van der Waals surface area contributed by atoms with E-state index in [4.69, 9.17) is 4.42 Å². The molecule has 0 saturated heterocycles. The van der Waals surface area contributed by atoms with E-state index in [2.05, 4.69) is 44.1 Å². The zero-order valence-electron chi connectivity index (χ0n) is 12.8. The molecule has 0 aliphatic rings. The molecular formula is C16H22N2OS. The van der Waals surface area contributed by atoms with Crippen LogP contribution in [0.4, 0.5) is 0 Å². The molecule has 0 radical (unpaired) electrons. The van der Waals surface area contributed by atoms with E-state index in [0.29, 0.717) is 0 Å². The second kappa shape index (κ2) is 6.02. The number of pyridine rings is 1. The zero-order valence-corrected chi connectivity index (χ0v) is 13.6. The summed E-state index contributed by atoms with van der Waals surface area (Å²) in [6.45, 7) is 11.4. The van der Waals surface area contributed by atoms with E-state index in [9.17, 15) is 0 Å². The summed E-state index contributed by atoms with van der Waals surface area (Å²) in [4.78, 5) is 5.70. The third-order valence-electron chi connectivity index (χ3n) is 2.93. The molecule has 0 unspecified atom stereocenters. The van der Waals surface area contributed by atoms with Crippen LogP contribution in [0.5, 0.6) is 0 Å². The van der Waals surface area contributed by atoms with E-state index in [-0.39, 0.29) is 5.54 Å². The number of hydrogen-bond donors (Lipinski definition) is 1. The van der Waals surface area contributed by atoms with Gasteiger partial charge in [0.25, 0.3) is 0 Å². The van der Waals surface area contributed by atoms with Crippen molar-refractivity contribution in [2.75, 3.05) is 0 Å². The molecule has 0 fully saturated rings. The van der Waals surface area contributed by atoms with Crippen molar-refractivity contribution >= 4 is 11.8 Å². The predicted molar refractivity (Wildman–Crippen MR) is 83.1 cm³/mol. The topological polar surface area (TPSA) is 38.1 Å². The Morgan fingerprint density at radius 1 is 1.30 bits per heavy atom. The van der Waals surface area contributed by atoms with Crippen LogP contribution >= 0.6 is 11.8 Å². The van der Waals surface area contributed by atoms with Crippen molar-refractivity contribution in [3.05, 3.63) is 41.5 Å². The molecule has 4 heteroatoms. The smallest absolute Gasteiger partial charge is 0.114 e. The van der Waals surface area contributed by atoms with Gasteiger partial charge in [-0.05, 0) is 51.8 Å². The summed E-state index contributed by atoms with van der Waals surface area (Å²) >= 11 is 1.65. The van der Waals surface area contributed by atoms with Gasteiger partial charge in [-0.3, -0.25) is 0 Å². The van der Waals surface area contributed by atoms with Gasteiger partial charge in [0.1, 0.15) is 10.8 Å². The Labute approximate surface area is 125 Å². The number of nitrogens with zero attached hydrogens (tertiary/aromatic N) is 1. The number of nitrogens with one attached hydrogen (secondary N) is 1. The molecule has 0 aliphatic heterocycles. The Bertz CT molecular complexity index is 584. The Kier molecular flexibility index (Phi) is 4.55. The fourth-order valence-corrected chi connectivity index (χ4v) is 2.62. The van der Waals surface area contributed by atoms with Gasteiger partial charge in [-0.25, -0.2) is 4.98 Å². The summed E-state index contributed by atoms with van der Waals surface area (Å²) in [5, 5.41) is 4.51. The van der Waals surface area contributed by atoms with Crippen LogP contribution in [-0.4, -0.2) is 10.5 Å². The van der Waals surface area contributed by atoms with Crippen LogP contribution in [-0.2, 0) is 6.54 Å². The van der Waals surface area contributed by atoms with Crippen molar-refractivity contribution in [1.29, 1.82) is 0 Å². The van der Waals surface area contributed by atoms with Crippen LogP contribution in [0.15, 0.2) is 38.9 Å². The van der Waals surface area contributed by atoms with Crippen molar-refractivity contribution < 1.29 is 4.42 Å². The normalized spacial score (nSPS) is 11.8. The summed E-state index contributed by atoms with van der Waals surface area (Å²) < 4.78 is 5.32. The van der Waals surface area contributed by atoms with Crippen LogP contribution in [0.2, 0.25) is 0 Å². The van der Waals surface area contributed by atoms with Crippen LogP contribution in [0.3, 0.4) is 0 Å². The van der Waals surface area contributed by atoms with Crippen LogP contribution in [0.25, 0.3) is 0 Å². The van der Waals surface area contributed by atoms with Gasteiger partial charge in [0.2, 0.25) is 0 Å². The molecule has 2 aromatic heterocycles. The molecule has 2 rings (SSSR count). The van der Waals surface area contributed by atoms with Gasteiger partial charge in [0.05, 0.1) is 11.2 Å². The molecule has 0 spiro atoms. The van der Waals surface area contributed by atoms with Gasteiger partial charge < -0.3 is 9.73 Å². The highest BCUT2D eigenvalue weighted by molar-refractivity contribution is 7.99. The largest absolute Gasteiger partial charge is 0.468 e. The first-order valence-corrected chi connectivity index (χ1v) is 7.59. The maximum absolute atomic E-state index is 5.32. The average molecular weight is 290 g/mol. The lowest BCUT2D eigenvalue weighted by Crippen LogP contribution is -2.35. The van der Waals surface area contributed by atoms with Gasteiger partial charge in [-0.2, -0.15) is 0 Å². The molecule has 20 heavy (non-hydrogen) atoms. The minimum Gasteiger partial charge on any atom is -0.468 e. The quantitative estimate of drug-likeness (QED) is 0.909. The highest BCUT2D eigenvalue weighted by Crippen LogP contribution is 2.31. The number of rotatable bonds is 4. The first kappa shape index (κ1) is 15.1. The standard InChI is InChI=1S/C16H22N2OS/c1-11-8-13(10-18-16(3,4)5)9-17-15(11)20-14-6-7-19-12(14)2/h6-9,18H,10H2,1-5H3. The van der Waals surface area contributed by atoms with Crippen molar-refractivity contribution in [2.45, 2.75) is 56.6 Å². The first-order chi connectivity index (χ1) is 9.35. The monoisotopic (exact) mass is 290 g/mol. The number of aryl methyl sites for hydroxylation is 2. The van der Waals surface area contributed by atoms with Gasteiger partial charge in [0, 0.05) is 18.3 Å². The molecule has 2 aromatic rings. The van der Waals surface area contributed by atoms with E-state index in [1.165, 1.54) is 11.1 Å². The Morgan fingerprint density at radius 3 is 2.60 bits per heavy atom. The zero-order chi connectivity index (χ0) is 14.8. The fourth-order valence-electron chi connectivity index (χ4n) is 1.77. The van der Waals surface area contributed by atoms with E-state index in [1.807, 2.05) is 19.2 Å². The molecule has 0 atom stereocenters. The predicted octanol–water partition coefficient (Wildman–Crippen LogP) is 4.33. The van der Waals surface area contributed by atoms with Crippen LogP contribution in [0, 0.1) is 13.8 Å². The van der Waals surface area contributed by atoms with Gasteiger partial charge in [0.15, 0.2) is 0 Å².